The third kappa shape index (κ3) is 1.91. The monoisotopic (exact) mass is 301 g/mol. The lowest BCUT2D eigenvalue weighted by Gasteiger charge is -2.36. The van der Waals surface area contributed by atoms with Gasteiger partial charge in [0.2, 0.25) is 11.8 Å². The van der Waals surface area contributed by atoms with E-state index in [-0.39, 0.29) is 12.1 Å². The topological polar surface area (TPSA) is 69.8 Å². The van der Waals surface area contributed by atoms with Gasteiger partial charge in [0, 0.05) is 16.1 Å². The third-order valence-corrected chi connectivity index (χ3v) is 4.49. The molecule has 6 heteroatoms. The Kier molecular flexibility index (Phi) is 3.11. The van der Waals surface area contributed by atoms with Gasteiger partial charge in [-0.2, -0.15) is 0 Å². The van der Waals surface area contributed by atoms with Crippen LogP contribution in [-0.2, 0) is 0 Å². The lowest BCUT2D eigenvalue weighted by Crippen LogP contribution is -2.51. The van der Waals surface area contributed by atoms with Gasteiger partial charge in [0.15, 0.2) is 11.5 Å². The predicted octanol–water partition coefficient (Wildman–Crippen LogP) is 3.49. The Morgan fingerprint density at radius 3 is 2.45 bits per heavy atom. The molecule has 114 valence electrons. The zero-order chi connectivity index (χ0) is 15.1. The van der Waals surface area contributed by atoms with Gasteiger partial charge in [-0.1, -0.05) is 6.42 Å². The third-order valence-electron chi connectivity index (χ3n) is 4.49. The van der Waals surface area contributed by atoms with Crippen molar-refractivity contribution < 1.29 is 18.8 Å². The summed E-state index contributed by atoms with van der Waals surface area (Å²) in [5.74, 6) is 0.892. The van der Waals surface area contributed by atoms with Gasteiger partial charge in [-0.05, 0) is 37.1 Å². The summed E-state index contributed by atoms with van der Waals surface area (Å²) in [6.45, 7) is 0. The van der Waals surface area contributed by atoms with Gasteiger partial charge in [0.05, 0.1) is 12.5 Å². The Morgan fingerprint density at radius 1 is 1.09 bits per heavy atom. The molecule has 6 nitrogen and oxygen atoms in total. The Labute approximate surface area is 127 Å². The molecule has 1 aliphatic heterocycles. The minimum Gasteiger partial charge on any atom is -0.462 e. The van der Waals surface area contributed by atoms with Crippen LogP contribution in [0, 0.1) is 4.91 Å². The van der Waals surface area contributed by atoms with E-state index in [2.05, 4.69) is 0 Å². The summed E-state index contributed by atoms with van der Waals surface area (Å²) >= 11 is 0. The summed E-state index contributed by atoms with van der Waals surface area (Å²) in [4.78, 5) is 12.9. The van der Waals surface area contributed by atoms with Crippen molar-refractivity contribution in [3.8, 4) is 0 Å². The minimum absolute atomic E-state index is 0.218. The molecule has 1 N–H and O–H groups in total. The maximum atomic E-state index is 12.9. The fourth-order valence-corrected chi connectivity index (χ4v) is 3.48. The van der Waals surface area contributed by atoms with Gasteiger partial charge >= 0.3 is 5.70 Å². The second kappa shape index (κ2) is 5.14. The second-order valence-electron chi connectivity index (χ2n) is 5.74. The van der Waals surface area contributed by atoms with Gasteiger partial charge in [-0.3, -0.25) is 5.21 Å². The van der Waals surface area contributed by atoms with Gasteiger partial charge < -0.3 is 8.83 Å². The van der Waals surface area contributed by atoms with Crippen LogP contribution in [-0.4, -0.2) is 27.1 Å². The first kappa shape index (κ1) is 13.3. The van der Waals surface area contributed by atoms with Crippen LogP contribution in [0.5, 0.6) is 0 Å². The fourth-order valence-electron chi connectivity index (χ4n) is 3.48. The molecular weight excluding hydrogens is 284 g/mol. The summed E-state index contributed by atoms with van der Waals surface area (Å²) in [6.07, 6.45) is 6.60. The second-order valence-corrected chi connectivity index (χ2v) is 5.74. The Morgan fingerprint density at radius 2 is 1.77 bits per heavy atom. The molecule has 2 atom stereocenters. The van der Waals surface area contributed by atoms with Crippen molar-refractivity contribution in [2.45, 2.75) is 37.8 Å². The van der Waals surface area contributed by atoms with Gasteiger partial charge in [0.1, 0.15) is 6.04 Å². The van der Waals surface area contributed by atoms with Crippen molar-refractivity contribution in [1.29, 1.82) is 0 Å². The van der Waals surface area contributed by atoms with Crippen molar-refractivity contribution in [3.05, 3.63) is 53.2 Å². The van der Waals surface area contributed by atoms with Crippen LogP contribution < -0.4 is 0 Å². The molecule has 0 radical (unpaired) electrons. The fraction of sp³-hybridized carbons (Fsp3) is 0.375. The number of furan rings is 2. The molecule has 1 saturated carbocycles. The van der Waals surface area contributed by atoms with Crippen LogP contribution in [0.1, 0.15) is 37.2 Å². The molecule has 1 fully saturated rings. The van der Waals surface area contributed by atoms with Crippen LogP contribution in [0.2, 0.25) is 0 Å². The van der Waals surface area contributed by atoms with E-state index < -0.39 is 0 Å². The molecule has 0 amide bonds. The molecule has 0 bridgehead atoms. The number of hydrogen-bond acceptors (Lipinski definition) is 5. The van der Waals surface area contributed by atoms with E-state index in [4.69, 9.17) is 8.83 Å². The highest BCUT2D eigenvalue weighted by Gasteiger charge is 2.51. The van der Waals surface area contributed by atoms with Gasteiger partial charge in [0.25, 0.3) is 0 Å². The standard InChI is InChI=1S/C16H17N2O4/c19-17-11-5-1-2-6-12(11)18(20)16(14-8-4-10-22-14)15(17)13-7-3-9-21-13/h3-4,7-12,19H,1-2,5-6H2/q+1/t11-,12-/m1/s1. The highest BCUT2D eigenvalue weighted by Crippen LogP contribution is 2.41. The highest BCUT2D eigenvalue weighted by atomic mass is 16.5. The summed E-state index contributed by atoms with van der Waals surface area (Å²) < 4.78 is 11.8. The molecule has 0 saturated heterocycles. The zero-order valence-electron chi connectivity index (χ0n) is 12.0. The highest BCUT2D eigenvalue weighted by molar-refractivity contribution is 5.82. The van der Waals surface area contributed by atoms with Crippen LogP contribution in [0.4, 0.5) is 0 Å². The number of rotatable bonds is 2. The first-order chi connectivity index (χ1) is 10.8. The smallest absolute Gasteiger partial charge is 0.327 e. The van der Waals surface area contributed by atoms with Gasteiger partial charge in [-0.15, -0.1) is 0 Å². The van der Waals surface area contributed by atoms with Crippen LogP contribution in [0.3, 0.4) is 0 Å². The van der Waals surface area contributed by atoms with Crippen LogP contribution >= 0.6 is 0 Å². The molecule has 0 unspecified atom stereocenters. The van der Waals surface area contributed by atoms with Crippen molar-refractivity contribution in [2.24, 2.45) is 0 Å². The molecule has 22 heavy (non-hydrogen) atoms. The number of nitrogens with zero attached hydrogens (tertiary/aromatic N) is 2. The van der Waals surface area contributed by atoms with Crippen molar-refractivity contribution >= 4 is 11.4 Å². The minimum atomic E-state index is -0.266. The molecule has 1 aliphatic carbocycles. The zero-order valence-corrected chi connectivity index (χ0v) is 12.0. The number of hydrogen-bond donors (Lipinski definition) is 1. The van der Waals surface area contributed by atoms with Crippen molar-refractivity contribution in [2.75, 3.05) is 0 Å². The molecule has 2 aromatic rings. The van der Waals surface area contributed by atoms with Gasteiger partial charge in [-0.25, -0.2) is 5.06 Å². The summed E-state index contributed by atoms with van der Waals surface area (Å²) in [7, 11) is 0. The summed E-state index contributed by atoms with van der Waals surface area (Å²) in [5, 5.41) is 11.9. The van der Waals surface area contributed by atoms with E-state index in [1.54, 1.807) is 24.3 Å². The van der Waals surface area contributed by atoms with E-state index in [1.165, 1.54) is 17.6 Å². The molecule has 0 spiro atoms. The van der Waals surface area contributed by atoms with Crippen molar-refractivity contribution in [1.82, 2.24) is 5.06 Å². The Hall–Kier alpha value is -2.34. The first-order valence-electron chi connectivity index (χ1n) is 7.54. The average molecular weight is 301 g/mol. The normalized spacial score (nSPS) is 25.5. The lowest BCUT2D eigenvalue weighted by molar-refractivity contribution is -0.522. The Balaban J connectivity index is 1.92. The van der Waals surface area contributed by atoms with Crippen LogP contribution in [0.25, 0.3) is 11.4 Å². The quantitative estimate of drug-likeness (QED) is 0.860. The number of nitroso groups, excluding NO2 is 1. The number of fused-ring (bicyclic) bond motifs is 1. The van der Waals surface area contributed by atoms with Crippen molar-refractivity contribution in [3.63, 3.8) is 0 Å². The van der Waals surface area contributed by atoms with E-state index in [1.807, 2.05) is 0 Å². The molecular formula is C16H17N2O4+. The lowest BCUT2D eigenvalue weighted by atomic mass is 9.87. The SMILES string of the molecule is O=[N+]1C(c2ccco2)=C(c2ccco2)N(O)[C@@H]2CCCC[C@H]21. The Bertz CT molecular complexity index is 703. The maximum Gasteiger partial charge on any atom is 0.327 e. The molecule has 0 aromatic carbocycles. The maximum absolute atomic E-state index is 12.9. The molecule has 4 rings (SSSR count). The molecule has 3 heterocycles. The average Bonchev–Trinajstić information content (AvgIpc) is 3.23. The molecule has 2 aliphatic rings. The predicted molar refractivity (Wildman–Crippen MR) is 77.5 cm³/mol. The summed E-state index contributed by atoms with van der Waals surface area (Å²) in [5.41, 5.74) is 0.698. The summed E-state index contributed by atoms with van der Waals surface area (Å²) in [6, 6.07) is 6.43. The molecule has 2 aromatic heterocycles. The first-order valence-corrected chi connectivity index (χ1v) is 7.54. The van der Waals surface area contributed by atoms with E-state index in [0.717, 1.165) is 30.4 Å². The van der Waals surface area contributed by atoms with E-state index >= 15 is 0 Å². The largest absolute Gasteiger partial charge is 0.462 e. The van der Waals surface area contributed by atoms with E-state index in [9.17, 15) is 10.1 Å². The van der Waals surface area contributed by atoms with Crippen LogP contribution in [0.15, 0.2) is 45.6 Å². The van der Waals surface area contributed by atoms with E-state index in [0.29, 0.717) is 22.9 Å². The number of hydroxylamine groups is 2.